The highest BCUT2D eigenvalue weighted by Gasteiger charge is 2.43. The molecule has 0 fully saturated rings. The van der Waals surface area contributed by atoms with E-state index in [4.69, 9.17) is 4.74 Å². The van der Waals surface area contributed by atoms with E-state index in [0.29, 0.717) is 12.0 Å². The highest BCUT2D eigenvalue weighted by atomic mass is 16.6. The van der Waals surface area contributed by atoms with E-state index < -0.39 is 35.5 Å². The van der Waals surface area contributed by atoms with E-state index in [9.17, 15) is 24.9 Å². The number of carbonyl (C=O) groups excluding carboxylic acids is 2. The molecule has 0 aromatic heterocycles. The van der Waals surface area contributed by atoms with Crippen LogP contribution >= 0.6 is 0 Å². The zero-order valence-corrected chi connectivity index (χ0v) is 16.6. The van der Waals surface area contributed by atoms with Crippen LogP contribution in [0.2, 0.25) is 0 Å². The molecule has 2 aromatic carbocycles. The van der Waals surface area contributed by atoms with Gasteiger partial charge in [0.15, 0.2) is 11.9 Å². The first-order valence-corrected chi connectivity index (χ1v) is 10.1. The Hall–Kier alpha value is -2.96. The average Bonchev–Trinajstić information content (AvgIpc) is 2.77. The molecule has 6 heteroatoms. The zero-order chi connectivity index (χ0) is 21.5. The van der Waals surface area contributed by atoms with Gasteiger partial charge in [-0.3, -0.25) is 4.79 Å². The molecule has 30 heavy (non-hydrogen) atoms. The number of ether oxygens (including phenoxy) is 1. The molecule has 3 rings (SSSR count). The molecule has 3 atom stereocenters. The van der Waals surface area contributed by atoms with Crippen LogP contribution in [0.5, 0.6) is 0 Å². The van der Waals surface area contributed by atoms with Crippen LogP contribution in [0.3, 0.4) is 0 Å². The summed E-state index contributed by atoms with van der Waals surface area (Å²) in [5.74, 6) is -3.17. The zero-order valence-electron chi connectivity index (χ0n) is 16.6. The van der Waals surface area contributed by atoms with E-state index in [1.807, 2.05) is 36.4 Å². The van der Waals surface area contributed by atoms with Gasteiger partial charge in [0.05, 0.1) is 5.57 Å². The standard InChI is InChI=1S/C24H26O6/c25-13-11-18(15-16-7-3-1-4-8-16)23-22(28)21(27)20(24(29)30-23)19(12-14-26)17-9-5-2-6-10-17/h1-10,18-19,23,25-27H,11-15H2. The number of carbonyl (C=O) groups is 2. The van der Waals surface area contributed by atoms with Gasteiger partial charge in [0, 0.05) is 25.0 Å². The second kappa shape index (κ2) is 10.2. The fourth-order valence-corrected chi connectivity index (χ4v) is 3.95. The molecule has 3 unspecified atom stereocenters. The molecule has 0 radical (unpaired) electrons. The van der Waals surface area contributed by atoms with Crippen LogP contribution in [-0.2, 0) is 20.7 Å². The fraction of sp³-hybridized carbons (Fsp3) is 0.333. The molecule has 0 aliphatic carbocycles. The van der Waals surface area contributed by atoms with Gasteiger partial charge >= 0.3 is 5.97 Å². The van der Waals surface area contributed by atoms with Crippen molar-refractivity contribution in [1.82, 2.24) is 0 Å². The van der Waals surface area contributed by atoms with Gasteiger partial charge in [-0.1, -0.05) is 60.7 Å². The van der Waals surface area contributed by atoms with Crippen LogP contribution in [0, 0.1) is 5.92 Å². The number of cyclic esters (lactones) is 1. The lowest BCUT2D eigenvalue weighted by molar-refractivity contribution is -0.158. The molecule has 0 saturated carbocycles. The van der Waals surface area contributed by atoms with Crippen molar-refractivity contribution in [2.45, 2.75) is 31.3 Å². The van der Waals surface area contributed by atoms with Crippen LogP contribution < -0.4 is 0 Å². The van der Waals surface area contributed by atoms with Gasteiger partial charge < -0.3 is 20.1 Å². The van der Waals surface area contributed by atoms with E-state index in [-0.39, 0.29) is 31.6 Å². The van der Waals surface area contributed by atoms with Crippen molar-refractivity contribution in [2.75, 3.05) is 13.2 Å². The highest BCUT2D eigenvalue weighted by molar-refractivity contribution is 6.09. The molecular weight excluding hydrogens is 384 g/mol. The molecule has 6 nitrogen and oxygen atoms in total. The van der Waals surface area contributed by atoms with Gasteiger partial charge in [0.2, 0.25) is 5.78 Å². The maximum Gasteiger partial charge on any atom is 0.339 e. The normalized spacial score (nSPS) is 18.8. The first-order valence-electron chi connectivity index (χ1n) is 10.1. The van der Waals surface area contributed by atoms with Gasteiger partial charge in [-0.2, -0.15) is 0 Å². The minimum atomic E-state index is -1.17. The Bertz CT molecular complexity index is 890. The summed E-state index contributed by atoms with van der Waals surface area (Å²) < 4.78 is 5.52. The summed E-state index contributed by atoms with van der Waals surface area (Å²) in [4.78, 5) is 25.9. The Morgan fingerprint density at radius 1 is 0.867 bits per heavy atom. The third-order valence-corrected chi connectivity index (χ3v) is 5.44. The number of hydrogen-bond donors (Lipinski definition) is 3. The number of esters is 1. The first kappa shape index (κ1) is 21.7. The molecule has 0 spiro atoms. The van der Waals surface area contributed by atoms with E-state index in [0.717, 1.165) is 5.56 Å². The summed E-state index contributed by atoms with van der Waals surface area (Å²) in [7, 11) is 0. The molecule has 1 aliphatic heterocycles. The van der Waals surface area contributed by atoms with Crippen molar-refractivity contribution in [2.24, 2.45) is 5.92 Å². The number of hydrogen-bond acceptors (Lipinski definition) is 6. The lowest BCUT2D eigenvalue weighted by Crippen LogP contribution is -2.43. The van der Waals surface area contributed by atoms with Crippen molar-refractivity contribution in [3.05, 3.63) is 83.1 Å². The molecular formula is C24H26O6. The number of aliphatic hydroxyl groups is 3. The summed E-state index contributed by atoms with van der Waals surface area (Å²) in [5, 5.41) is 29.6. The van der Waals surface area contributed by atoms with E-state index in [1.165, 1.54) is 0 Å². The average molecular weight is 410 g/mol. The molecule has 0 saturated heterocycles. The van der Waals surface area contributed by atoms with Crippen molar-refractivity contribution < 1.29 is 29.6 Å². The minimum Gasteiger partial charge on any atom is -0.504 e. The van der Waals surface area contributed by atoms with Crippen LogP contribution in [0.15, 0.2) is 72.0 Å². The fourth-order valence-electron chi connectivity index (χ4n) is 3.95. The van der Waals surface area contributed by atoms with Gasteiger partial charge in [-0.25, -0.2) is 4.79 Å². The monoisotopic (exact) mass is 410 g/mol. The van der Waals surface area contributed by atoms with E-state index in [2.05, 4.69) is 0 Å². The summed E-state index contributed by atoms with van der Waals surface area (Å²) >= 11 is 0. The van der Waals surface area contributed by atoms with Crippen molar-refractivity contribution in [1.29, 1.82) is 0 Å². The Morgan fingerprint density at radius 3 is 2.07 bits per heavy atom. The number of ketones is 1. The van der Waals surface area contributed by atoms with Crippen LogP contribution in [0.25, 0.3) is 0 Å². The third-order valence-electron chi connectivity index (χ3n) is 5.44. The molecule has 1 aliphatic rings. The quantitative estimate of drug-likeness (QED) is 0.549. The van der Waals surface area contributed by atoms with E-state index in [1.54, 1.807) is 24.3 Å². The van der Waals surface area contributed by atoms with Crippen LogP contribution in [0.1, 0.15) is 29.9 Å². The molecule has 2 aromatic rings. The van der Waals surface area contributed by atoms with Crippen LogP contribution in [0.4, 0.5) is 0 Å². The third kappa shape index (κ3) is 4.78. The molecule has 0 amide bonds. The second-order valence-electron chi connectivity index (χ2n) is 7.39. The Balaban J connectivity index is 1.92. The lowest BCUT2D eigenvalue weighted by Gasteiger charge is -2.31. The highest BCUT2D eigenvalue weighted by Crippen LogP contribution is 2.35. The smallest absolute Gasteiger partial charge is 0.339 e. The second-order valence-corrected chi connectivity index (χ2v) is 7.39. The van der Waals surface area contributed by atoms with Crippen molar-refractivity contribution >= 4 is 11.8 Å². The number of rotatable bonds is 9. The topological polar surface area (TPSA) is 104 Å². The van der Waals surface area contributed by atoms with E-state index >= 15 is 0 Å². The summed E-state index contributed by atoms with van der Waals surface area (Å²) in [6, 6.07) is 18.3. The predicted octanol–water partition coefficient (Wildman–Crippen LogP) is 2.70. The largest absolute Gasteiger partial charge is 0.504 e. The van der Waals surface area contributed by atoms with Crippen molar-refractivity contribution in [3.63, 3.8) is 0 Å². The van der Waals surface area contributed by atoms with Gasteiger partial charge in [0.1, 0.15) is 0 Å². The Labute approximate surface area is 175 Å². The Morgan fingerprint density at radius 2 is 1.47 bits per heavy atom. The maximum absolute atomic E-state index is 13.0. The molecule has 1 heterocycles. The lowest BCUT2D eigenvalue weighted by atomic mass is 9.82. The predicted molar refractivity (Wildman–Crippen MR) is 111 cm³/mol. The van der Waals surface area contributed by atoms with Gasteiger partial charge in [-0.15, -0.1) is 0 Å². The molecule has 158 valence electrons. The number of aliphatic hydroxyl groups excluding tert-OH is 3. The number of benzene rings is 2. The van der Waals surface area contributed by atoms with Gasteiger partial charge in [0.25, 0.3) is 0 Å². The van der Waals surface area contributed by atoms with Crippen LogP contribution in [-0.4, -0.2) is 46.4 Å². The SMILES string of the molecule is O=C1OC(C(CCO)Cc2ccccc2)C(=O)C(O)=C1C(CCO)c1ccccc1. The summed E-state index contributed by atoms with van der Waals surface area (Å²) in [6.07, 6.45) is -0.327. The maximum atomic E-state index is 13.0. The van der Waals surface area contributed by atoms with Crippen molar-refractivity contribution in [3.8, 4) is 0 Å². The first-order chi connectivity index (χ1) is 14.6. The number of Topliss-reactive ketones (excluding diaryl/α,β-unsaturated/α-hetero) is 1. The molecule has 0 bridgehead atoms. The molecule has 3 N–H and O–H groups in total. The minimum absolute atomic E-state index is 0.126. The summed E-state index contributed by atoms with van der Waals surface area (Å²) in [5.41, 5.74) is 1.52. The Kier molecular flexibility index (Phi) is 7.38. The van der Waals surface area contributed by atoms with Gasteiger partial charge in [-0.05, 0) is 30.4 Å². The summed E-state index contributed by atoms with van der Waals surface area (Å²) in [6.45, 7) is -0.393.